The average molecular weight is 785 g/mol. The third-order valence-corrected chi connectivity index (χ3v) is 10.4. The molecule has 0 aliphatic rings. The van der Waals surface area contributed by atoms with Crippen LogP contribution in [0.25, 0.3) is 0 Å². The van der Waals surface area contributed by atoms with Crippen LogP contribution in [-0.4, -0.2) is 38.1 Å². The van der Waals surface area contributed by atoms with Crippen LogP contribution >= 0.6 is 0 Å². The number of esters is 2. The second-order valence-electron chi connectivity index (χ2n) is 14.3. The van der Waals surface area contributed by atoms with Gasteiger partial charge in [0, 0.05) is 0 Å². The summed E-state index contributed by atoms with van der Waals surface area (Å²) in [5.74, 6) is -1.85. The smallest absolute Gasteiger partial charge is 0.744 e. The van der Waals surface area contributed by atoms with Crippen LogP contribution in [0.4, 0.5) is 0 Å². The molecule has 0 atom stereocenters. The minimum Gasteiger partial charge on any atom is -0.744 e. The molecule has 0 saturated carbocycles. The molecule has 1 aromatic carbocycles. The SMILES string of the molecule is CCCCCCCCCCCC/C=C/CCCCOC(=O)c1cccc(S(=O)(=O)[O-])c1C(=O)OCCCC/C=C/CCCCCCCCCCCC.[K+]. The van der Waals surface area contributed by atoms with Crippen LogP contribution in [0.15, 0.2) is 47.4 Å². The first-order valence-corrected chi connectivity index (χ1v) is 22.5. The Morgan fingerprint density at radius 2 is 0.868 bits per heavy atom. The molecule has 7 nitrogen and oxygen atoms in total. The van der Waals surface area contributed by atoms with E-state index in [2.05, 4.69) is 38.2 Å². The second kappa shape index (κ2) is 36.8. The van der Waals surface area contributed by atoms with E-state index in [1.807, 2.05) is 0 Å². The van der Waals surface area contributed by atoms with E-state index in [0.29, 0.717) is 12.8 Å². The van der Waals surface area contributed by atoms with Gasteiger partial charge in [0.25, 0.3) is 0 Å². The molecule has 0 fully saturated rings. The molecule has 9 heteroatoms. The number of carbonyl (C=O) groups is 2. The first-order chi connectivity index (χ1) is 25.3. The normalized spacial score (nSPS) is 11.7. The van der Waals surface area contributed by atoms with E-state index in [1.54, 1.807) is 0 Å². The Hall–Kier alpha value is -0.814. The van der Waals surface area contributed by atoms with Crippen LogP contribution in [0.3, 0.4) is 0 Å². The molecule has 298 valence electrons. The molecular weight excluding hydrogens is 712 g/mol. The summed E-state index contributed by atoms with van der Waals surface area (Å²) in [5, 5.41) is 0. The van der Waals surface area contributed by atoms with Gasteiger partial charge in [-0.1, -0.05) is 160 Å². The molecule has 1 rings (SSSR count). The molecule has 0 aliphatic heterocycles. The van der Waals surface area contributed by atoms with Gasteiger partial charge in [0.15, 0.2) is 0 Å². The molecule has 0 saturated heterocycles. The van der Waals surface area contributed by atoms with Crippen molar-refractivity contribution in [3.05, 3.63) is 53.6 Å². The number of allylic oxidation sites excluding steroid dienone is 4. The number of hydrogen-bond acceptors (Lipinski definition) is 7. The Labute approximate surface area is 367 Å². The molecule has 0 amide bonds. The Morgan fingerprint density at radius 3 is 1.25 bits per heavy atom. The first kappa shape index (κ1) is 52.2. The Bertz CT molecular complexity index is 1210. The van der Waals surface area contributed by atoms with Crippen molar-refractivity contribution in [1.82, 2.24) is 0 Å². The fraction of sp³-hybridized carbons (Fsp3) is 0.727. The van der Waals surface area contributed by atoms with E-state index in [1.165, 1.54) is 141 Å². The predicted octanol–water partition coefficient (Wildman–Crippen LogP) is 9.98. The Balaban J connectivity index is 0.0000270. The summed E-state index contributed by atoms with van der Waals surface area (Å²) in [4.78, 5) is 25.1. The van der Waals surface area contributed by atoms with Crippen molar-refractivity contribution >= 4 is 22.1 Å². The van der Waals surface area contributed by atoms with Gasteiger partial charge in [-0.15, -0.1) is 0 Å². The molecular formula is C44H73KO7S. The van der Waals surface area contributed by atoms with Crippen molar-refractivity contribution in [2.24, 2.45) is 0 Å². The number of rotatable bonds is 35. The van der Waals surface area contributed by atoms with E-state index in [4.69, 9.17) is 9.47 Å². The zero-order valence-electron chi connectivity index (χ0n) is 34.0. The van der Waals surface area contributed by atoms with Crippen LogP contribution in [0.5, 0.6) is 0 Å². The summed E-state index contributed by atoms with van der Waals surface area (Å²) in [6.07, 6.45) is 42.0. The van der Waals surface area contributed by atoms with Crippen molar-refractivity contribution in [2.45, 2.75) is 199 Å². The largest absolute Gasteiger partial charge is 1.00 e. The molecule has 1 aromatic rings. The number of unbranched alkanes of at least 4 members (excludes halogenated alkanes) is 24. The fourth-order valence-corrected chi connectivity index (χ4v) is 6.99. The zero-order valence-corrected chi connectivity index (χ0v) is 38.0. The second-order valence-corrected chi connectivity index (χ2v) is 15.6. The molecule has 0 heterocycles. The standard InChI is InChI=1S/C44H74O7S.K/c1-3-5-7-9-11-13-15-17-19-21-23-25-27-29-31-33-38-50-43(45)40-36-35-37-41(52(47,48)49)42(40)44(46)51-39-34-32-30-28-26-24-22-20-18-16-14-12-10-8-6-4-2;/h25-28,35-37H,3-24,29-34,38-39H2,1-2H3,(H,47,48,49);/q;+1/p-1/b27-25+,28-26+;. The number of benzene rings is 1. The average Bonchev–Trinajstić information content (AvgIpc) is 3.13. The van der Waals surface area contributed by atoms with Gasteiger partial charge >= 0.3 is 63.3 Å². The van der Waals surface area contributed by atoms with E-state index in [0.717, 1.165) is 44.6 Å². The topological polar surface area (TPSA) is 110 Å². The van der Waals surface area contributed by atoms with Crippen molar-refractivity contribution in [2.75, 3.05) is 13.2 Å². The van der Waals surface area contributed by atoms with Gasteiger partial charge in [0.1, 0.15) is 10.1 Å². The summed E-state index contributed by atoms with van der Waals surface area (Å²) in [6, 6.07) is 3.58. The van der Waals surface area contributed by atoms with Gasteiger partial charge < -0.3 is 14.0 Å². The maximum absolute atomic E-state index is 13.0. The molecule has 0 unspecified atom stereocenters. The number of hydrogen-bond donors (Lipinski definition) is 0. The quantitative estimate of drug-likeness (QED) is 0.0222. The number of ether oxygens (including phenoxy) is 2. The van der Waals surface area contributed by atoms with E-state index >= 15 is 0 Å². The van der Waals surface area contributed by atoms with Crippen molar-refractivity contribution in [1.29, 1.82) is 0 Å². The van der Waals surface area contributed by atoms with Crippen molar-refractivity contribution in [3.8, 4) is 0 Å². The first-order valence-electron chi connectivity index (χ1n) is 21.1. The number of carbonyl (C=O) groups excluding carboxylic acids is 2. The zero-order chi connectivity index (χ0) is 38.0. The van der Waals surface area contributed by atoms with Crippen LogP contribution in [0.2, 0.25) is 0 Å². The Morgan fingerprint density at radius 1 is 0.528 bits per heavy atom. The summed E-state index contributed by atoms with van der Waals surface area (Å²) < 4.78 is 46.6. The van der Waals surface area contributed by atoms with Gasteiger partial charge in [0.2, 0.25) is 0 Å². The fourth-order valence-electron chi connectivity index (χ4n) is 6.30. The van der Waals surface area contributed by atoms with Gasteiger partial charge in [-0.3, -0.25) is 0 Å². The van der Waals surface area contributed by atoms with Crippen LogP contribution in [0.1, 0.15) is 214 Å². The summed E-state index contributed by atoms with van der Waals surface area (Å²) in [6.45, 7) is 4.68. The predicted molar refractivity (Wildman–Crippen MR) is 214 cm³/mol. The monoisotopic (exact) mass is 784 g/mol. The van der Waals surface area contributed by atoms with Gasteiger partial charge in [-0.25, -0.2) is 18.0 Å². The molecule has 0 N–H and O–H groups in total. The minimum atomic E-state index is -5.02. The van der Waals surface area contributed by atoms with Gasteiger partial charge in [-0.2, -0.15) is 0 Å². The summed E-state index contributed by atoms with van der Waals surface area (Å²) in [7, 11) is -5.02. The van der Waals surface area contributed by atoms with Gasteiger partial charge in [0.05, 0.1) is 29.2 Å². The molecule has 53 heavy (non-hydrogen) atoms. The van der Waals surface area contributed by atoms with Crippen molar-refractivity contribution < 1.29 is 83.4 Å². The molecule has 0 radical (unpaired) electrons. The minimum absolute atomic E-state index is 0. The maximum atomic E-state index is 13.0. The molecule has 0 aromatic heterocycles. The van der Waals surface area contributed by atoms with E-state index in [9.17, 15) is 22.6 Å². The van der Waals surface area contributed by atoms with Gasteiger partial charge in [-0.05, 0) is 76.3 Å². The van der Waals surface area contributed by atoms with E-state index < -0.39 is 32.5 Å². The van der Waals surface area contributed by atoms with Crippen molar-refractivity contribution in [3.63, 3.8) is 0 Å². The van der Waals surface area contributed by atoms with Crippen LogP contribution in [-0.2, 0) is 19.6 Å². The maximum Gasteiger partial charge on any atom is 1.00 e. The van der Waals surface area contributed by atoms with Crippen LogP contribution in [0, 0.1) is 0 Å². The third-order valence-electron chi connectivity index (χ3n) is 9.50. The van der Waals surface area contributed by atoms with Crippen LogP contribution < -0.4 is 51.4 Å². The third kappa shape index (κ3) is 29.1. The Kier molecular flexibility index (Phi) is 36.2. The molecule has 0 aliphatic carbocycles. The molecule has 0 spiro atoms. The summed E-state index contributed by atoms with van der Waals surface area (Å²) >= 11 is 0. The molecule has 0 bridgehead atoms. The summed E-state index contributed by atoms with van der Waals surface area (Å²) in [5.41, 5.74) is -0.818. The van der Waals surface area contributed by atoms with E-state index in [-0.39, 0.29) is 70.2 Å².